The van der Waals surface area contributed by atoms with E-state index >= 15 is 0 Å². The van der Waals surface area contributed by atoms with Crippen LogP contribution in [-0.4, -0.2) is 44.2 Å². The van der Waals surface area contributed by atoms with Gasteiger partial charge in [0, 0.05) is 5.69 Å². The summed E-state index contributed by atoms with van der Waals surface area (Å²) in [6.07, 6.45) is -1.42. The SMILES string of the molecule is Cc1ccc(S(=O)(=O)N[C@H](C(=O)OCC(=O)Nc2ccc(C)c(F)c2)[C@@H](C)O)cc1. The first-order chi connectivity index (χ1) is 14.0. The summed E-state index contributed by atoms with van der Waals surface area (Å²) in [5.41, 5.74) is 1.42. The van der Waals surface area contributed by atoms with Gasteiger partial charge in [-0.25, -0.2) is 12.8 Å². The van der Waals surface area contributed by atoms with E-state index in [0.29, 0.717) is 5.56 Å². The van der Waals surface area contributed by atoms with Crippen LogP contribution in [0.3, 0.4) is 0 Å². The van der Waals surface area contributed by atoms with Gasteiger partial charge in [-0.2, -0.15) is 4.72 Å². The van der Waals surface area contributed by atoms with Crippen LogP contribution >= 0.6 is 0 Å². The van der Waals surface area contributed by atoms with Crippen LogP contribution in [0.1, 0.15) is 18.1 Å². The van der Waals surface area contributed by atoms with E-state index in [4.69, 9.17) is 4.74 Å². The number of carbonyl (C=O) groups is 2. The second kappa shape index (κ2) is 9.79. The molecule has 1 amide bonds. The number of hydrogen-bond donors (Lipinski definition) is 3. The van der Waals surface area contributed by atoms with Crippen molar-refractivity contribution in [1.29, 1.82) is 0 Å². The number of benzene rings is 2. The fraction of sp³-hybridized carbons (Fsp3) is 0.300. The van der Waals surface area contributed by atoms with Gasteiger partial charge in [-0.05, 0) is 50.6 Å². The van der Waals surface area contributed by atoms with Crippen LogP contribution in [-0.2, 0) is 24.3 Å². The Labute approximate surface area is 174 Å². The van der Waals surface area contributed by atoms with Gasteiger partial charge in [0.15, 0.2) is 6.61 Å². The first kappa shape index (κ1) is 23.5. The van der Waals surface area contributed by atoms with Crippen molar-refractivity contribution in [3.63, 3.8) is 0 Å². The van der Waals surface area contributed by atoms with Crippen molar-refractivity contribution in [2.45, 2.75) is 37.8 Å². The lowest BCUT2D eigenvalue weighted by Gasteiger charge is -2.20. The molecule has 3 N–H and O–H groups in total. The van der Waals surface area contributed by atoms with Gasteiger partial charge >= 0.3 is 5.97 Å². The molecule has 0 heterocycles. The van der Waals surface area contributed by atoms with Crippen molar-refractivity contribution in [1.82, 2.24) is 4.72 Å². The molecule has 0 aliphatic carbocycles. The molecule has 0 unspecified atom stereocenters. The average Bonchev–Trinajstić information content (AvgIpc) is 2.67. The molecule has 0 radical (unpaired) electrons. The maximum Gasteiger partial charge on any atom is 0.327 e. The summed E-state index contributed by atoms with van der Waals surface area (Å²) < 4.78 is 45.3. The standard InChI is InChI=1S/C20H23FN2O6S/c1-12-4-8-16(9-5-12)30(27,28)23-19(14(3)24)20(26)29-11-18(25)22-15-7-6-13(2)17(21)10-15/h4-10,14,19,23-24H,11H2,1-3H3,(H,22,25)/t14-,19+/m1/s1. The van der Waals surface area contributed by atoms with E-state index in [1.807, 2.05) is 0 Å². The van der Waals surface area contributed by atoms with Crippen LogP contribution in [0, 0.1) is 19.7 Å². The van der Waals surface area contributed by atoms with Crippen LogP contribution in [0.2, 0.25) is 0 Å². The number of aryl methyl sites for hydroxylation is 2. The zero-order valence-electron chi connectivity index (χ0n) is 16.7. The molecule has 0 aromatic heterocycles. The van der Waals surface area contributed by atoms with Crippen molar-refractivity contribution in [3.05, 3.63) is 59.4 Å². The molecular formula is C20H23FN2O6S. The minimum atomic E-state index is -4.12. The number of sulfonamides is 1. The topological polar surface area (TPSA) is 122 Å². The summed E-state index contributed by atoms with van der Waals surface area (Å²) in [5.74, 6) is -2.40. The van der Waals surface area contributed by atoms with Crippen LogP contribution in [0.5, 0.6) is 0 Å². The molecule has 162 valence electrons. The Kier molecular flexibility index (Phi) is 7.65. The molecule has 0 fully saturated rings. The number of esters is 1. The lowest BCUT2D eigenvalue weighted by Crippen LogP contribution is -2.48. The zero-order valence-corrected chi connectivity index (χ0v) is 17.5. The fourth-order valence-electron chi connectivity index (χ4n) is 2.39. The number of aliphatic hydroxyl groups is 1. The van der Waals surface area contributed by atoms with Gasteiger partial charge in [0.1, 0.15) is 11.9 Å². The number of anilines is 1. The Hall–Kier alpha value is -2.82. The average molecular weight is 438 g/mol. The number of rotatable bonds is 8. The van der Waals surface area contributed by atoms with E-state index in [2.05, 4.69) is 10.0 Å². The largest absolute Gasteiger partial charge is 0.454 e. The summed E-state index contributed by atoms with van der Waals surface area (Å²) >= 11 is 0. The normalized spacial score (nSPS) is 13.4. The van der Waals surface area contributed by atoms with Gasteiger partial charge in [-0.1, -0.05) is 23.8 Å². The predicted molar refractivity (Wildman–Crippen MR) is 108 cm³/mol. The number of hydrogen-bond acceptors (Lipinski definition) is 6. The third-order valence-electron chi connectivity index (χ3n) is 4.15. The maximum atomic E-state index is 13.5. The number of carbonyl (C=O) groups excluding carboxylic acids is 2. The van der Waals surface area contributed by atoms with Gasteiger partial charge in [-0.15, -0.1) is 0 Å². The third kappa shape index (κ3) is 6.34. The first-order valence-corrected chi connectivity index (χ1v) is 10.5. The number of amides is 1. The lowest BCUT2D eigenvalue weighted by atomic mass is 10.2. The van der Waals surface area contributed by atoms with Crippen molar-refractivity contribution >= 4 is 27.6 Å². The zero-order chi connectivity index (χ0) is 22.5. The molecule has 0 aliphatic heterocycles. The molecule has 30 heavy (non-hydrogen) atoms. The Morgan fingerprint density at radius 1 is 1.13 bits per heavy atom. The lowest BCUT2D eigenvalue weighted by molar-refractivity contribution is -0.151. The molecule has 8 nitrogen and oxygen atoms in total. The third-order valence-corrected chi connectivity index (χ3v) is 5.61. The first-order valence-electron chi connectivity index (χ1n) is 8.99. The molecule has 0 spiro atoms. The summed E-state index contributed by atoms with van der Waals surface area (Å²) in [5, 5.41) is 12.2. The molecule has 2 aromatic rings. The van der Waals surface area contributed by atoms with Crippen LogP contribution in [0.4, 0.5) is 10.1 Å². The molecule has 2 atom stereocenters. The highest BCUT2D eigenvalue weighted by atomic mass is 32.2. The highest BCUT2D eigenvalue weighted by Crippen LogP contribution is 2.14. The quantitative estimate of drug-likeness (QED) is 0.539. The summed E-state index contributed by atoms with van der Waals surface area (Å²) in [4.78, 5) is 24.1. The number of ether oxygens (including phenoxy) is 1. The smallest absolute Gasteiger partial charge is 0.327 e. The van der Waals surface area contributed by atoms with Crippen molar-refractivity contribution in [2.75, 3.05) is 11.9 Å². The van der Waals surface area contributed by atoms with Gasteiger partial charge < -0.3 is 15.2 Å². The Bertz CT molecular complexity index is 1020. The fourth-order valence-corrected chi connectivity index (χ4v) is 3.65. The number of halogens is 1. The number of nitrogens with one attached hydrogen (secondary N) is 2. The van der Waals surface area contributed by atoms with Crippen molar-refractivity contribution in [3.8, 4) is 0 Å². The van der Waals surface area contributed by atoms with Crippen LogP contribution in [0.15, 0.2) is 47.4 Å². The monoisotopic (exact) mass is 438 g/mol. The second-order valence-electron chi connectivity index (χ2n) is 6.77. The van der Waals surface area contributed by atoms with Crippen LogP contribution < -0.4 is 10.0 Å². The molecule has 0 saturated carbocycles. The highest BCUT2D eigenvalue weighted by Gasteiger charge is 2.31. The van der Waals surface area contributed by atoms with E-state index in [-0.39, 0.29) is 10.6 Å². The van der Waals surface area contributed by atoms with E-state index in [0.717, 1.165) is 11.6 Å². The Balaban J connectivity index is 2.00. The molecule has 0 saturated heterocycles. The van der Waals surface area contributed by atoms with Gasteiger partial charge in [0.25, 0.3) is 5.91 Å². The van der Waals surface area contributed by atoms with E-state index in [9.17, 15) is 27.5 Å². The molecule has 0 aliphatic rings. The minimum absolute atomic E-state index is 0.0920. The van der Waals surface area contributed by atoms with E-state index in [1.165, 1.54) is 31.2 Å². The summed E-state index contributed by atoms with van der Waals surface area (Å²) in [7, 11) is -4.12. The summed E-state index contributed by atoms with van der Waals surface area (Å²) in [6.45, 7) is 3.81. The van der Waals surface area contributed by atoms with Crippen molar-refractivity contribution in [2.24, 2.45) is 0 Å². The number of aliphatic hydroxyl groups excluding tert-OH is 1. The highest BCUT2D eigenvalue weighted by molar-refractivity contribution is 7.89. The van der Waals surface area contributed by atoms with Gasteiger partial charge in [-0.3, -0.25) is 9.59 Å². The molecule has 10 heteroatoms. The Morgan fingerprint density at radius 2 is 1.77 bits per heavy atom. The Morgan fingerprint density at radius 3 is 2.33 bits per heavy atom. The molecule has 0 bridgehead atoms. The maximum absolute atomic E-state index is 13.5. The predicted octanol–water partition coefficient (Wildman–Crippen LogP) is 1.65. The van der Waals surface area contributed by atoms with Crippen LogP contribution in [0.25, 0.3) is 0 Å². The van der Waals surface area contributed by atoms with Gasteiger partial charge in [0.2, 0.25) is 10.0 Å². The molecule has 2 aromatic carbocycles. The second-order valence-corrected chi connectivity index (χ2v) is 8.49. The molecular weight excluding hydrogens is 415 g/mol. The van der Waals surface area contributed by atoms with E-state index < -0.39 is 46.5 Å². The molecule has 2 rings (SSSR count). The van der Waals surface area contributed by atoms with Gasteiger partial charge in [0.05, 0.1) is 11.0 Å². The summed E-state index contributed by atoms with van der Waals surface area (Å²) in [6, 6.07) is 8.33. The minimum Gasteiger partial charge on any atom is -0.454 e. The van der Waals surface area contributed by atoms with E-state index in [1.54, 1.807) is 26.0 Å². The van der Waals surface area contributed by atoms with Crippen molar-refractivity contribution < 1.29 is 32.2 Å².